The Bertz CT molecular complexity index is 630. The van der Waals surface area contributed by atoms with Gasteiger partial charge < -0.3 is 9.64 Å². The molecule has 0 aliphatic carbocycles. The van der Waals surface area contributed by atoms with Crippen molar-refractivity contribution in [1.29, 1.82) is 0 Å². The van der Waals surface area contributed by atoms with Crippen LogP contribution in [-0.4, -0.2) is 23.0 Å². The van der Waals surface area contributed by atoms with Gasteiger partial charge >= 0.3 is 0 Å². The molecule has 2 aliphatic heterocycles. The average Bonchev–Trinajstić information content (AvgIpc) is 2.86. The van der Waals surface area contributed by atoms with E-state index in [9.17, 15) is 4.79 Å². The third-order valence-corrected chi connectivity index (χ3v) is 4.83. The molecule has 1 fully saturated rings. The third kappa shape index (κ3) is 2.17. The van der Waals surface area contributed by atoms with Gasteiger partial charge in [-0.3, -0.25) is 4.79 Å². The van der Waals surface area contributed by atoms with E-state index >= 15 is 0 Å². The Kier molecular flexibility index (Phi) is 3.16. The quantitative estimate of drug-likeness (QED) is 0.737. The van der Waals surface area contributed by atoms with Crippen LogP contribution in [-0.2, 0) is 4.79 Å². The minimum Gasteiger partial charge on any atom is -0.487 e. The first kappa shape index (κ1) is 13.9. The zero-order valence-electron chi connectivity index (χ0n) is 12.7. The van der Waals surface area contributed by atoms with Gasteiger partial charge in [-0.1, -0.05) is 13.0 Å². The highest BCUT2D eigenvalue weighted by molar-refractivity contribution is 5.79. The van der Waals surface area contributed by atoms with Crippen molar-refractivity contribution in [3.8, 4) is 5.75 Å². The topological polar surface area (TPSA) is 33.9 Å². The SMILES string of the molecule is [C-]#[N+]c1ccc2c(c1)C(N1CCCC1=O)C(C)C(C)(C)O2. The molecule has 1 aromatic rings. The van der Waals surface area contributed by atoms with E-state index in [1.54, 1.807) is 6.07 Å². The highest BCUT2D eigenvalue weighted by Crippen LogP contribution is 2.48. The van der Waals surface area contributed by atoms with Crippen molar-refractivity contribution in [2.45, 2.75) is 45.3 Å². The lowest BCUT2D eigenvalue weighted by molar-refractivity contribution is -0.133. The summed E-state index contributed by atoms with van der Waals surface area (Å²) >= 11 is 0. The number of rotatable bonds is 1. The molecule has 21 heavy (non-hydrogen) atoms. The summed E-state index contributed by atoms with van der Waals surface area (Å²) in [4.78, 5) is 17.7. The first-order valence-electron chi connectivity index (χ1n) is 7.44. The summed E-state index contributed by atoms with van der Waals surface area (Å²) < 4.78 is 6.12. The third-order valence-electron chi connectivity index (χ3n) is 4.83. The number of hydrogen-bond acceptors (Lipinski definition) is 2. The molecule has 1 saturated heterocycles. The van der Waals surface area contributed by atoms with E-state index < -0.39 is 0 Å². The molecule has 2 aliphatic rings. The van der Waals surface area contributed by atoms with Crippen molar-refractivity contribution < 1.29 is 9.53 Å². The molecular weight excluding hydrogens is 264 g/mol. The fourth-order valence-corrected chi connectivity index (χ4v) is 3.36. The van der Waals surface area contributed by atoms with Gasteiger partial charge in [0.1, 0.15) is 11.4 Å². The molecule has 4 nitrogen and oxygen atoms in total. The summed E-state index contributed by atoms with van der Waals surface area (Å²) in [5, 5.41) is 0. The van der Waals surface area contributed by atoms with Crippen LogP contribution in [0, 0.1) is 12.5 Å². The maximum atomic E-state index is 12.2. The number of likely N-dealkylation sites (tertiary alicyclic amines) is 1. The molecule has 2 heterocycles. The summed E-state index contributed by atoms with van der Waals surface area (Å²) in [6.07, 6.45) is 1.55. The zero-order chi connectivity index (χ0) is 15.2. The summed E-state index contributed by atoms with van der Waals surface area (Å²) in [7, 11) is 0. The summed E-state index contributed by atoms with van der Waals surface area (Å²) in [6.45, 7) is 14.3. The molecule has 3 rings (SSSR count). The van der Waals surface area contributed by atoms with E-state index in [1.807, 2.05) is 17.0 Å². The van der Waals surface area contributed by atoms with Gasteiger partial charge in [0.2, 0.25) is 5.91 Å². The van der Waals surface area contributed by atoms with Crippen LogP contribution in [0.2, 0.25) is 0 Å². The maximum Gasteiger partial charge on any atom is 0.223 e. The number of amides is 1. The number of hydrogen-bond donors (Lipinski definition) is 0. The molecule has 0 N–H and O–H groups in total. The van der Waals surface area contributed by atoms with Crippen LogP contribution in [0.4, 0.5) is 5.69 Å². The van der Waals surface area contributed by atoms with Crippen molar-refractivity contribution in [3.63, 3.8) is 0 Å². The summed E-state index contributed by atoms with van der Waals surface area (Å²) in [5.74, 6) is 1.19. The Labute approximate surface area is 125 Å². The molecule has 0 radical (unpaired) electrons. The van der Waals surface area contributed by atoms with Crippen LogP contribution < -0.4 is 4.74 Å². The molecule has 0 spiro atoms. The van der Waals surface area contributed by atoms with Gasteiger partial charge in [0.05, 0.1) is 12.6 Å². The van der Waals surface area contributed by atoms with Gasteiger partial charge in [0.15, 0.2) is 5.69 Å². The molecule has 2 atom stereocenters. The van der Waals surface area contributed by atoms with Crippen LogP contribution in [0.25, 0.3) is 4.85 Å². The molecule has 1 amide bonds. The highest BCUT2D eigenvalue weighted by atomic mass is 16.5. The van der Waals surface area contributed by atoms with Crippen molar-refractivity contribution in [1.82, 2.24) is 4.90 Å². The second-order valence-corrected chi connectivity index (χ2v) is 6.46. The predicted octanol–water partition coefficient (Wildman–Crippen LogP) is 3.71. The van der Waals surface area contributed by atoms with Gasteiger partial charge in [0, 0.05) is 24.4 Å². The van der Waals surface area contributed by atoms with Crippen LogP contribution >= 0.6 is 0 Å². The molecule has 0 saturated carbocycles. The van der Waals surface area contributed by atoms with Gasteiger partial charge in [-0.2, -0.15) is 0 Å². The minimum absolute atomic E-state index is 0.000417. The predicted molar refractivity (Wildman–Crippen MR) is 80.3 cm³/mol. The number of nitrogens with zero attached hydrogens (tertiary/aromatic N) is 2. The number of fused-ring (bicyclic) bond motifs is 1. The zero-order valence-corrected chi connectivity index (χ0v) is 12.7. The summed E-state index contributed by atoms with van der Waals surface area (Å²) in [6, 6.07) is 5.52. The molecule has 0 aromatic heterocycles. The van der Waals surface area contributed by atoms with E-state index in [1.165, 1.54) is 0 Å². The Hall–Kier alpha value is -2.02. The molecule has 2 unspecified atom stereocenters. The van der Waals surface area contributed by atoms with Crippen LogP contribution in [0.1, 0.15) is 45.2 Å². The van der Waals surface area contributed by atoms with Crippen molar-refractivity contribution >= 4 is 11.6 Å². The van der Waals surface area contributed by atoms with Gasteiger partial charge in [0.25, 0.3) is 0 Å². The second kappa shape index (κ2) is 4.77. The average molecular weight is 284 g/mol. The van der Waals surface area contributed by atoms with Crippen LogP contribution in [0.5, 0.6) is 5.75 Å². The van der Waals surface area contributed by atoms with E-state index in [0.717, 1.165) is 24.3 Å². The normalized spacial score (nSPS) is 27.0. The minimum atomic E-state index is -0.333. The number of carbonyl (C=O) groups excluding carboxylic acids is 1. The van der Waals surface area contributed by atoms with E-state index in [0.29, 0.717) is 12.1 Å². The standard InChI is InChI=1S/C17H20N2O2/c1-11-16(19-9-5-6-15(19)20)13-10-12(18-4)7-8-14(13)21-17(11,2)3/h7-8,10-11,16H,5-6,9H2,1-3H3. The van der Waals surface area contributed by atoms with Crippen LogP contribution in [0.3, 0.4) is 0 Å². The Balaban J connectivity index is 2.12. The van der Waals surface area contributed by atoms with Crippen molar-refractivity contribution in [2.24, 2.45) is 5.92 Å². The van der Waals surface area contributed by atoms with Gasteiger partial charge in [-0.25, -0.2) is 4.85 Å². The fraction of sp³-hybridized carbons (Fsp3) is 0.529. The number of carbonyl (C=O) groups is 1. The lowest BCUT2D eigenvalue weighted by atomic mass is 9.79. The lowest BCUT2D eigenvalue weighted by Gasteiger charge is -2.46. The molecule has 110 valence electrons. The Morgan fingerprint density at radius 3 is 2.81 bits per heavy atom. The first-order chi connectivity index (χ1) is 9.94. The van der Waals surface area contributed by atoms with Gasteiger partial charge in [-0.15, -0.1) is 0 Å². The molecule has 0 bridgehead atoms. The maximum absolute atomic E-state index is 12.2. The second-order valence-electron chi connectivity index (χ2n) is 6.46. The number of benzene rings is 1. The smallest absolute Gasteiger partial charge is 0.223 e. The molecular formula is C17H20N2O2. The molecule has 4 heteroatoms. The molecule has 1 aromatic carbocycles. The monoisotopic (exact) mass is 284 g/mol. The summed E-state index contributed by atoms with van der Waals surface area (Å²) in [5.41, 5.74) is 1.24. The lowest BCUT2D eigenvalue weighted by Crippen LogP contribution is -2.48. The Morgan fingerprint density at radius 2 is 2.19 bits per heavy atom. The van der Waals surface area contributed by atoms with E-state index in [-0.39, 0.29) is 23.5 Å². The van der Waals surface area contributed by atoms with Crippen molar-refractivity contribution in [2.75, 3.05) is 6.54 Å². The van der Waals surface area contributed by atoms with Gasteiger partial charge in [-0.05, 0) is 32.4 Å². The van der Waals surface area contributed by atoms with E-state index in [4.69, 9.17) is 11.3 Å². The largest absolute Gasteiger partial charge is 0.487 e. The van der Waals surface area contributed by atoms with Crippen molar-refractivity contribution in [3.05, 3.63) is 35.2 Å². The van der Waals surface area contributed by atoms with E-state index in [2.05, 4.69) is 25.6 Å². The highest BCUT2D eigenvalue weighted by Gasteiger charge is 2.45. The first-order valence-corrected chi connectivity index (χ1v) is 7.44. The Morgan fingerprint density at radius 1 is 1.43 bits per heavy atom. The number of ether oxygens (including phenoxy) is 1. The van der Waals surface area contributed by atoms with Crippen LogP contribution in [0.15, 0.2) is 18.2 Å². The fourth-order valence-electron chi connectivity index (χ4n) is 3.36.